The highest BCUT2D eigenvalue weighted by molar-refractivity contribution is 7.19. The quantitative estimate of drug-likeness (QED) is 0.355. The molecule has 1 fully saturated rings. The fourth-order valence-electron chi connectivity index (χ4n) is 3.83. The lowest BCUT2D eigenvalue weighted by atomic mass is 10.3. The summed E-state index contributed by atoms with van der Waals surface area (Å²) in [5, 5.41) is 3.05. The number of rotatable bonds is 8. The van der Waals surface area contributed by atoms with Crippen LogP contribution in [0, 0.1) is 0 Å². The summed E-state index contributed by atoms with van der Waals surface area (Å²) in [6.45, 7) is 3.99. The summed E-state index contributed by atoms with van der Waals surface area (Å²) in [5.74, 6) is 2.13. The fraction of sp³-hybridized carbons (Fsp3) is 0.348. The fourth-order valence-corrected chi connectivity index (χ4v) is 5.00. The van der Waals surface area contributed by atoms with Gasteiger partial charge in [-0.25, -0.2) is 29.9 Å². The normalized spacial score (nSPS) is 13.8. The van der Waals surface area contributed by atoms with E-state index in [1.807, 2.05) is 19.0 Å². The number of carbonyl (C=O) groups is 1. The van der Waals surface area contributed by atoms with Gasteiger partial charge in [-0.05, 0) is 13.1 Å². The number of morpholine rings is 1. The maximum absolute atomic E-state index is 11.3. The predicted molar refractivity (Wildman–Crippen MR) is 137 cm³/mol. The lowest BCUT2D eigenvalue weighted by molar-refractivity contribution is 0.0999. The third-order valence-electron chi connectivity index (χ3n) is 5.67. The Labute approximate surface area is 211 Å². The van der Waals surface area contributed by atoms with Crippen molar-refractivity contribution in [2.24, 2.45) is 5.73 Å². The van der Waals surface area contributed by atoms with Gasteiger partial charge >= 0.3 is 0 Å². The van der Waals surface area contributed by atoms with Gasteiger partial charge in [0.25, 0.3) is 5.91 Å². The van der Waals surface area contributed by atoms with E-state index in [2.05, 4.69) is 36.2 Å². The molecule has 0 saturated carbocycles. The van der Waals surface area contributed by atoms with Crippen molar-refractivity contribution in [2.45, 2.75) is 13.1 Å². The molecule has 36 heavy (non-hydrogen) atoms. The van der Waals surface area contributed by atoms with Gasteiger partial charge in [0, 0.05) is 49.8 Å². The summed E-state index contributed by atoms with van der Waals surface area (Å²) in [5.41, 5.74) is 7.19. The maximum atomic E-state index is 11.3. The summed E-state index contributed by atoms with van der Waals surface area (Å²) in [6, 6.07) is 2.07. The predicted octanol–water partition coefficient (Wildman–Crippen LogP) is 1.23. The summed E-state index contributed by atoms with van der Waals surface area (Å²) >= 11 is 1.64. The van der Waals surface area contributed by atoms with Gasteiger partial charge in [-0.3, -0.25) is 4.79 Å². The van der Waals surface area contributed by atoms with Gasteiger partial charge in [-0.15, -0.1) is 11.3 Å². The van der Waals surface area contributed by atoms with Crippen LogP contribution in [0.2, 0.25) is 0 Å². The van der Waals surface area contributed by atoms with Gasteiger partial charge in [0.05, 0.1) is 47.6 Å². The molecular weight excluding hydrogens is 480 g/mol. The number of hydrogen-bond acceptors (Lipinski definition) is 12. The number of aromatic nitrogens is 6. The van der Waals surface area contributed by atoms with Crippen LogP contribution < -0.4 is 20.9 Å². The lowest BCUT2D eigenvalue weighted by Gasteiger charge is -2.28. The topological polar surface area (TPSA) is 148 Å². The Hall–Kier alpha value is -3.81. The van der Waals surface area contributed by atoms with E-state index < -0.39 is 5.91 Å². The molecule has 0 atom stereocenters. The molecule has 4 aromatic rings. The molecule has 1 amide bonds. The van der Waals surface area contributed by atoms with Crippen molar-refractivity contribution in [2.75, 3.05) is 50.2 Å². The van der Waals surface area contributed by atoms with Crippen molar-refractivity contribution < 1.29 is 9.53 Å². The third-order valence-corrected chi connectivity index (χ3v) is 6.78. The molecule has 3 N–H and O–H groups in total. The Morgan fingerprint density at radius 2 is 1.86 bits per heavy atom. The zero-order chi connectivity index (χ0) is 25.1. The van der Waals surface area contributed by atoms with Gasteiger partial charge in [0.1, 0.15) is 5.82 Å². The van der Waals surface area contributed by atoms with E-state index in [4.69, 9.17) is 20.4 Å². The summed E-state index contributed by atoms with van der Waals surface area (Å²) in [7, 11) is 3.75. The van der Waals surface area contributed by atoms with Gasteiger partial charge in [0.15, 0.2) is 11.6 Å². The first-order valence-electron chi connectivity index (χ1n) is 11.4. The number of hydrogen-bond donors (Lipinski definition) is 2. The molecule has 4 aromatic heterocycles. The van der Waals surface area contributed by atoms with E-state index in [1.54, 1.807) is 23.7 Å². The molecule has 186 valence electrons. The average Bonchev–Trinajstić information content (AvgIpc) is 3.31. The number of ether oxygens (including phenoxy) is 1. The number of anilines is 2. The number of nitrogens with one attached hydrogen (secondary N) is 1. The van der Waals surface area contributed by atoms with Crippen LogP contribution in [0.15, 0.2) is 30.9 Å². The molecule has 0 aromatic carbocycles. The van der Waals surface area contributed by atoms with Crippen LogP contribution in [0.1, 0.15) is 21.1 Å². The molecule has 0 radical (unpaired) electrons. The second-order valence-electron chi connectivity index (χ2n) is 8.31. The van der Waals surface area contributed by atoms with Gasteiger partial charge in [-0.1, -0.05) is 0 Å². The Morgan fingerprint density at radius 1 is 1.14 bits per heavy atom. The monoisotopic (exact) mass is 506 g/mol. The minimum absolute atomic E-state index is 0.273. The Kier molecular flexibility index (Phi) is 6.93. The van der Waals surface area contributed by atoms with Crippen LogP contribution >= 0.6 is 11.3 Å². The number of amides is 1. The molecule has 0 spiro atoms. The van der Waals surface area contributed by atoms with E-state index in [-0.39, 0.29) is 5.56 Å². The molecule has 12 nitrogen and oxygen atoms in total. The molecule has 13 heteroatoms. The van der Waals surface area contributed by atoms with E-state index in [0.29, 0.717) is 43.9 Å². The van der Waals surface area contributed by atoms with E-state index in [1.165, 1.54) is 12.4 Å². The molecule has 1 aliphatic heterocycles. The molecule has 1 saturated heterocycles. The second-order valence-corrected chi connectivity index (χ2v) is 9.44. The standard InChI is InChI=1S/C23H26N10O2S/c1-25-12-18-26-10-15(11-27-18)21-30-17-7-16(13-32(2)23-28-8-14(9-29-23)20(24)34)36-19(17)22(31-21)33-3-5-35-6-4-33/h7-11,25H,3-6,12-13H2,1-2H3,(H2,24,34). The highest BCUT2D eigenvalue weighted by Crippen LogP contribution is 2.35. The molecule has 5 heterocycles. The van der Waals surface area contributed by atoms with Crippen LogP contribution in [0.25, 0.3) is 21.6 Å². The van der Waals surface area contributed by atoms with Crippen LogP contribution in [0.5, 0.6) is 0 Å². The van der Waals surface area contributed by atoms with Crippen molar-refractivity contribution >= 4 is 39.2 Å². The average molecular weight is 507 g/mol. The van der Waals surface area contributed by atoms with Gasteiger partial charge in [0.2, 0.25) is 5.95 Å². The molecule has 0 aliphatic carbocycles. The van der Waals surface area contributed by atoms with Crippen molar-refractivity contribution in [1.29, 1.82) is 0 Å². The minimum Gasteiger partial charge on any atom is -0.378 e. The Balaban J connectivity index is 1.48. The number of primary amides is 1. The maximum Gasteiger partial charge on any atom is 0.251 e. The smallest absolute Gasteiger partial charge is 0.251 e. The van der Waals surface area contributed by atoms with Crippen LogP contribution in [0.4, 0.5) is 11.8 Å². The van der Waals surface area contributed by atoms with Crippen LogP contribution in [-0.4, -0.2) is 76.2 Å². The van der Waals surface area contributed by atoms with E-state index in [0.717, 1.165) is 39.6 Å². The first kappa shape index (κ1) is 23.9. The highest BCUT2D eigenvalue weighted by Gasteiger charge is 2.21. The van der Waals surface area contributed by atoms with Crippen molar-refractivity contribution in [1.82, 2.24) is 35.2 Å². The van der Waals surface area contributed by atoms with Crippen molar-refractivity contribution in [3.05, 3.63) is 47.1 Å². The highest BCUT2D eigenvalue weighted by atomic mass is 32.1. The van der Waals surface area contributed by atoms with Gasteiger partial charge in [-0.2, -0.15) is 0 Å². The Morgan fingerprint density at radius 3 is 2.53 bits per heavy atom. The summed E-state index contributed by atoms with van der Waals surface area (Å²) < 4.78 is 6.57. The molecule has 0 bridgehead atoms. The second kappa shape index (κ2) is 10.4. The largest absolute Gasteiger partial charge is 0.378 e. The van der Waals surface area contributed by atoms with Crippen molar-refractivity contribution in [3.63, 3.8) is 0 Å². The zero-order valence-electron chi connectivity index (χ0n) is 20.0. The molecule has 0 unspecified atom stereocenters. The molecular formula is C23H26N10O2S. The number of thiophene rings is 1. The molecule has 5 rings (SSSR count). The van der Waals surface area contributed by atoms with E-state index >= 15 is 0 Å². The lowest BCUT2D eigenvalue weighted by Crippen LogP contribution is -2.36. The number of nitrogens with two attached hydrogens (primary N) is 1. The third kappa shape index (κ3) is 5.08. The summed E-state index contributed by atoms with van der Waals surface area (Å²) in [6.07, 6.45) is 6.39. The van der Waals surface area contributed by atoms with Crippen LogP contribution in [-0.2, 0) is 17.8 Å². The zero-order valence-corrected chi connectivity index (χ0v) is 20.8. The first-order chi connectivity index (χ1) is 17.5. The number of carbonyl (C=O) groups excluding carboxylic acids is 1. The number of fused-ring (bicyclic) bond motifs is 1. The SMILES string of the molecule is CNCc1ncc(-c2nc(N3CCOCC3)c3sc(CN(C)c4ncc(C(N)=O)cn4)cc3n2)cn1. The van der Waals surface area contributed by atoms with Crippen molar-refractivity contribution in [3.8, 4) is 11.4 Å². The summed E-state index contributed by atoms with van der Waals surface area (Å²) in [4.78, 5) is 43.7. The number of nitrogens with zero attached hydrogens (tertiary/aromatic N) is 8. The molecule has 1 aliphatic rings. The van der Waals surface area contributed by atoms with E-state index in [9.17, 15) is 4.79 Å². The van der Waals surface area contributed by atoms with Crippen LogP contribution in [0.3, 0.4) is 0 Å². The minimum atomic E-state index is -0.555. The Bertz CT molecular complexity index is 1350. The van der Waals surface area contributed by atoms with Gasteiger partial charge < -0.3 is 25.6 Å². The first-order valence-corrected chi connectivity index (χ1v) is 12.3.